The molecule has 1 aromatic rings. The van der Waals surface area contributed by atoms with Crippen LogP contribution in [-0.2, 0) is 12.8 Å². The maximum absolute atomic E-state index is 13.4. The Morgan fingerprint density at radius 2 is 1.75 bits per heavy atom. The first-order chi connectivity index (χ1) is 9.61. The van der Waals surface area contributed by atoms with Crippen LogP contribution >= 0.6 is 0 Å². The van der Waals surface area contributed by atoms with Gasteiger partial charge in [-0.2, -0.15) is 0 Å². The zero-order chi connectivity index (χ0) is 13.8. The van der Waals surface area contributed by atoms with Gasteiger partial charge in [-0.1, -0.05) is 0 Å². The van der Waals surface area contributed by atoms with Crippen LogP contribution in [0.4, 0.5) is 14.6 Å². The topological polar surface area (TPSA) is 29.0 Å². The van der Waals surface area contributed by atoms with Crippen LogP contribution < -0.4 is 4.90 Å². The van der Waals surface area contributed by atoms with E-state index in [1.165, 1.54) is 24.1 Å². The van der Waals surface area contributed by atoms with Gasteiger partial charge >= 0.3 is 0 Å². The fraction of sp³-hybridized carbons (Fsp3) is 0.733. The van der Waals surface area contributed by atoms with Crippen LogP contribution in [0.25, 0.3) is 0 Å². The summed E-state index contributed by atoms with van der Waals surface area (Å²) in [5.41, 5.74) is 1.74. The van der Waals surface area contributed by atoms with E-state index in [-0.39, 0.29) is 6.42 Å². The van der Waals surface area contributed by atoms with E-state index >= 15 is 0 Å². The number of hydrogen-bond donors (Lipinski definition) is 0. The molecule has 0 aromatic carbocycles. The predicted molar refractivity (Wildman–Crippen MR) is 72.1 cm³/mol. The molecular weight excluding hydrogens is 260 g/mol. The number of rotatable bonds is 1. The van der Waals surface area contributed by atoms with E-state index in [1.807, 2.05) is 0 Å². The summed E-state index contributed by atoms with van der Waals surface area (Å²) in [5, 5.41) is 0. The third-order valence-corrected chi connectivity index (χ3v) is 5.33. The summed E-state index contributed by atoms with van der Waals surface area (Å²) in [6.45, 7) is 1.41. The van der Waals surface area contributed by atoms with E-state index in [1.54, 1.807) is 6.33 Å². The minimum Gasteiger partial charge on any atom is -0.356 e. The standard InChI is InChI=1S/C15H19F2N3/c16-15(17)9-14(15)5-7-20(8-6-14)13-11-3-1-2-4-12(11)18-10-19-13/h10H,1-9H2. The Morgan fingerprint density at radius 1 is 1.05 bits per heavy atom. The molecule has 108 valence electrons. The molecule has 0 unspecified atom stereocenters. The fourth-order valence-corrected chi connectivity index (χ4v) is 3.85. The van der Waals surface area contributed by atoms with Gasteiger partial charge in [-0.3, -0.25) is 0 Å². The molecule has 0 radical (unpaired) electrons. The van der Waals surface area contributed by atoms with Gasteiger partial charge in [0, 0.05) is 36.2 Å². The van der Waals surface area contributed by atoms with Gasteiger partial charge in [-0.15, -0.1) is 0 Å². The second-order valence-electron chi connectivity index (χ2n) is 6.48. The van der Waals surface area contributed by atoms with Crippen molar-refractivity contribution >= 4 is 5.82 Å². The molecule has 0 bridgehead atoms. The van der Waals surface area contributed by atoms with Crippen LogP contribution in [0, 0.1) is 5.41 Å². The molecule has 2 aliphatic carbocycles. The quantitative estimate of drug-likeness (QED) is 0.791. The lowest BCUT2D eigenvalue weighted by Gasteiger charge is -2.35. The van der Waals surface area contributed by atoms with Gasteiger partial charge in [0.1, 0.15) is 12.1 Å². The highest BCUT2D eigenvalue weighted by Gasteiger charge is 2.70. The molecule has 0 amide bonds. The van der Waals surface area contributed by atoms with Crippen molar-refractivity contribution in [1.29, 1.82) is 0 Å². The number of aromatic nitrogens is 2. The van der Waals surface area contributed by atoms with Crippen molar-refractivity contribution < 1.29 is 8.78 Å². The molecule has 1 saturated heterocycles. The fourth-order valence-electron chi connectivity index (χ4n) is 3.85. The van der Waals surface area contributed by atoms with E-state index < -0.39 is 11.3 Å². The first-order valence-corrected chi connectivity index (χ1v) is 7.57. The van der Waals surface area contributed by atoms with Crippen molar-refractivity contribution in [3.8, 4) is 0 Å². The molecule has 1 saturated carbocycles. The molecule has 1 aliphatic heterocycles. The summed E-state index contributed by atoms with van der Waals surface area (Å²) in [5.74, 6) is -1.40. The largest absolute Gasteiger partial charge is 0.356 e. The Balaban J connectivity index is 1.55. The Labute approximate surface area is 117 Å². The highest BCUT2D eigenvalue weighted by molar-refractivity contribution is 5.50. The maximum atomic E-state index is 13.4. The van der Waals surface area contributed by atoms with Crippen molar-refractivity contribution in [3.63, 3.8) is 0 Å². The predicted octanol–water partition coefficient (Wildman–Crippen LogP) is 2.98. The average Bonchev–Trinajstić information content (AvgIpc) is 2.99. The Kier molecular flexibility index (Phi) is 2.57. The van der Waals surface area contributed by atoms with E-state index in [0.717, 1.165) is 18.7 Å². The molecule has 1 aromatic heterocycles. The summed E-state index contributed by atoms with van der Waals surface area (Å²) in [6, 6.07) is 0. The molecule has 20 heavy (non-hydrogen) atoms. The molecule has 0 N–H and O–H groups in total. The van der Waals surface area contributed by atoms with E-state index in [4.69, 9.17) is 0 Å². The average molecular weight is 279 g/mol. The summed E-state index contributed by atoms with van der Waals surface area (Å²) >= 11 is 0. The molecule has 1 spiro atoms. The summed E-state index contributed by atoms with van der Waals surface area (Å²) in [6.07, 6.45) is 7.36. The van der Waals surface area contributed by atoms with Crippen LogP contribution in [0.15, 0.2) is 6.33 Å². The summed E-state index contributed by atoms with van der Waals surface area (Å²) < 4.78 is 26.9. The zero-order valence-electron chi connectivity index (χ0n) is 11.5. The number of hydrogen-bond acceptors (Lipinski definition) is 3. The van der Waals surface area contributed by atoms with E-state index in [9.17, 15) is 8.78 Å². The first kappa shape index (κ1) is 12.5. The second-order valence-corrected chi connectivity index (χ2v) is 6.48. The number of nitrogens with zero attached hydrogens (tertiary/aromatic N) is 3. The Morgan fingerprint density at radius 3 is 2.45 bits per heavy atom. The third-order valence-electron chi connectivity index (χ3n) is 5.33. The van der Waals surface area contributed by atoms with Crippen LogP contribution in [0.2, 0.25) is 0 Å². The summed E-state index contributed by atoms with van der Waals surface area (Å²) in [7, 11) is 0. The minimum atomic E-state index is -2.41. The van der Waals surface area contributed by atoms with Gasteiger partial charge in [-0.05, 0) is 38.5 Å². The number of piperidine rings is 1. The van der Waals surface area contributed by atoms with Gasteiger partial charge in [-0.25, -0.2) is 18.7 Å². The van der Waals surface area contributed by atoms with Crippen LogP contribution in [0.1, 0.15) is 43.4 Å². The smallest absolute Gasteiger partial charge is 0.254 e. The second kappa shape index (κ2) is 4.12. The number of anilines is 1. The van der Waals surface area contributed by atoms with Crippen molar-refractivity contribution in [2.24, 2.45) is 5.41 Å². The molecule has 2 heterocycles. The van der Waals surface area contributed by atoms with Gasteiger partial charge < -0.3 is 4.90 Å². The lowest BCUT2D eigenvalue weighted by molar-refractivity contribution is 0.0536. The van der Waals surface area contributed by atoms with Crippen LogP contribution in [-0.4, -0.2) is 29.0 Å². The number of alkyl halides is 2. The number of fused-ring (bicyclic) bond motifs is 1. The highest BCUT2D eigenvalue weighted by atomic mass is 19.3. The van der Waals surface area contributed by atoms with Crippen LogP contribution in [0.3, 0.4) is 0 Å². The monoisotopic (exact) mass is 279 g/mol. The molecular formula is C15H19F2N3. The number of aryl methyl sites for hydroxylation is 1. The van der Waals surface area contributed by atoms with Gasteiger partial charge in [0.15, 0.2) is 0 Å². The SMILES string of the molecule is FC1(F)CC12CCN(c1ncnc3c1CCCC3)CC2. The Bertz CT molecular complexity index is 536. The molecule has 3 nitrogen and oxygen atoms in total. The normalized spacial score (nSPS) is 26.4. The highest BCUT2D eigenvalue weighted by Crippen LogP contribution is 2.65. The van der Waals surface area contributed by atoms with Crippen molar-refractivity contribution in [2.45, 2.75) is 50.9 Å². The lowest BCUT2D eigenvalue weighted by atomic mass is 9.91. The molecule has 2 fully saturated rings. The lowest BCUT2D eigenvalue weighted by Crippen LogP contribution is -2.38. The first-order valence-electron chi connectivity index (χ1n) is 7.57. The van der Waals surface area contributed by atoms with E-state index in [0.29, 0.717) is 25.9 Å². The van der Waals surface area contributed by atoms with Gasteiger partial charge in [0.2, 0.25) is 0 Å². The summed E-state index contributed by atoms with van der Waals surface area (Å²) in [4.78, 5) is 11.0. The molecule has 0 atom stereocenters. The van der Waals surface area contributed by atoms with Crippen molar-refractivity contribution in [2.75, 3.05) is 18.0 Å². The maximum Gasteiger partial charge on any atom is 0.254 e. The van der Waals surface area contributed by atoms with Gasteiger partial charge in [0.25, 0.3) is 5.92 Å². The van der Waals surface area contributed by atoms with Crippen molar-refractivity contribution in [3.05, 3.63) is 17.6 Å². The van der Waals surface area contributed by atoms with Crippen molar-refractivity contribution in [1.82, 2.24) is 9.97 Å². The van der Waals surface area contributed by atoms with Crippen LogP contribution in [0.5, 0.6) is 0 Å². The molecule has 4 rings (SSSR count). The molecule has 5 heteroatoms. The third kappa shape index (κ3) is 1.75. The zero-order valence-corrected chi connectivity index (χ0v) is 11.5. The minimum absolute atomic E-state index is 0.0930. The van der Waals surface area contributed by atoms with E-state index in [2.05, 4.69) is 14.9 Å². The number of halogens is 2. The molecule has 3 aliphatic rings. The van der Waals surface area contributed by atoms with Gasteiger partial charge in [0.05, 0.1) is 0 Å². The Hall–Kier alpha value is -1.26.